The summed E-state index contributed by atoms with van der Waals surface area (Å²) in [5.41, 5.74) is 16.8. The van der Waals surface area contributed by atoms with Gasteiger partial charge in [-0.1, -0.05) is 109 Å². The molecule has 4 aliphatic rings. The van der Waals surface area contributed by atoms with Crippen LogP contribution in [0.3, 0.4) is 0 Å². The highest BCUT2D eigenvalue weighted by Crippen LogP contribution is 2.58. The largest absolute Gasteiger partial charge is 0.311 e. The second-order valence-electron chi connectivity index (χ2n) is 13.0. The Kier molecular flexibility index (Phi) is 5.37. The molecule has 7 aromatic rings. The van der Waals surface area contributed by atoms with Crippen LogP contribution in [0.4, 0.5) is 51.2 Å². The van der Waals surface area contributed by atoms with Crippen molar-refractivity contribution in [3.05, 3.63) is 163 Å². The number of fused-ring (bicyclic) bond motifs is 10. The van der Waals surface area contributed by atoms with Gasteiger partial charge in [0.05, 0.1) is 22.7 Å². The lowest BCUT2D eigenvalue weighted by Gasteiger charge is -2.51. The van der Waals surface area contributed by atoms with Crippen molar-refractivity contribution < 1.29 is 0 Å². The number of benzene rings is 7. The van der Waals surface area contributed by atoms with Crippen molar-refractivity contribution in [1.29, 1.82) is 0 Å². The average molecular weight is 630 g/mol. The Labute approximate surface area is 282 Å². The number of anilines is 9. The summed E-state index contributed by atoms with van der Waals surface area (Å²) in [5.74, 6) is 0. The van der Waals surface area contributed by atoms with E-state index < -0.39 is 7.92 Å². The summed E-state index contributed by atoms with van der Waals surface area (Å²) >= 11 is 0. The third kappa shape index (κ3) is 3.33. The van der Waals surface area contributed by atoms with E-state index in [2.05, 4.69) is 179 Å². The normalized spacial score (nSPS) is 15.6. The van der Waals surface area contributed by atoms with Crippen molar-refractivity contribution in [2.24, 2.45) is 0 Å². The summed E-state index contributed by atoms with van der Waals surface area (Å²) in [6.45, 7) is 2.36. The van der Waals surface area contributed by atoms with Crippen LogP contribution < -0.4 is 47.0 Å². The molecule has 4 aliphatic heterocycles. The fourth-order valence-corrected chi connectivity index (χ4v) is 11.5. The Bertz CT molecular complexity index is 2450. The van der Waals surface area contributed by atoms with Gasteiger partial charge < -0.3 is 14.7 Å². The van der Waals surface area contributed by atoms with Gasteiger partial charge in [-0.3, -0.25) is 0 Å². The molecule has 0 saturated carbocycles. The number of hydrogen-bond acceptors (Lipinski definition) is 3. The van der Waals surface area contributed by atoms with Crippen molar-refractivity contribution in [1.82, 2.24) is 0 Å². The van der Waals surface area contributed by atoms with Crippen molar-refractivity contribution in [2.75, 3.05) is 14.7 Å². The summed E-state index contributed by atoms with van der Waals surface area (Å²) in [6.07, 6.45) is 0. The molecule has 0 bridgehead atoms. The molecule has 3 nitrogen and oxygen atoms in total. The highest BCUT2D eigenvalue weighted by Gasteiger charge is 2.50. The van der Waals surface area contributed by atoms with Crippen molar-refractivity contribution in [3.8, 4) is 0 Å². The summed E-state index contributed by atoms with van der Waals surface area (Å²) in [4.78, 5) is 7.68. The van der Waals surface area contributed by atoms with E-state index in [9.17, 15) is 0 Å². The first-order chi connectivity index (χ1) is 23.8. The minimum Gasteiger partial charge on any atom is -0.311 e. The molecule has 4 heterocycles. The van der Waals surface area contributed by atoms with Crippen LogP contribution >= 0.6 is 7.92 Å². The second-order valence-corrected chi connectivity index (χ2v) is 15.1. The molecule has 0 saturated heterocycles. The molecular formula is C43H29BN3P. The van der Waals surface area contributed by atoms with E-state index in [-0.39, 0.29) is 6.71 Å². The van der Waals surface area contributed by atoms with Crippen LogP contribution in [0.1, 0.15) is 5.56 Å². The molecule has 0 N–H and O–H groups in total. The second kappa shape index (κ2) is 9.73. The zero-order chi connectivity index (χ0) is 31.5. The number of hydrogen-bond donors (Lipinski definition) is 0. The van der Waals surface area contributed by atoms with E-state index >= 15 is 0 Å². The number of rotatable bonds is 2. The lowest BCUT2D eigenvalue weighted by molar-refractivity contribution is 1.22. The quantitative estimate of drug-likeness (QED) is 0.142. The molecule has 0 fully saturated rings. The van der Waals surface area contributed by atoms with E-state index in [0.717, 1.165) is 0 Å². The summed E-state index contributed by atoms with van der Waals surface area (Å²) in [6, 6.07) is 58.8. The van der Waals surface area contributed by atoms with Gasteiger partial charge in [0.2, 0.25) is 0 Å². The van der Waals surface area contributed by atoms with E-state index in [4.69, 9.17) is 0 Å². The molecule has 48 heavy (non-hydrogen) atoms. The Morgan fingerprint density at radius 1 is 0.438 bits per heavy atom. The van der Waals surface area contributed by atoms with E-state index in [1.54, 1.807) is 0 Å². The Hall–Kier alpha value is -5.57. The monoisotopic (exact) mass is 629 g/mol. The Morgan fingerprint density at radius 3 is 1.62 bits per heavy atom. The number of nitrogens with zero attached hydrogens (tertiary/aromatic N) is 3. The standard InChI is InChI=1S/C43H29BN3P/c1-28-15-5-8-20-32(28)46-35-23-11-13-25-39(35)48-40-26-14-12-24-36(40)47-34-22-10-7-19-31(34)44-30-18-6-9-21-33(30)45(29-16-3-2-4-17-29)37-27-38(46)43(48)42(47)41(37)44/h2-27H,1H3. The van der Waals surface area contributed by atoms with Gasteiger partial charge in [-0.15, -0.1) is 0 Å². The van der Waals surface area contributed by atoms with Crippen LogP contribution in [-0.4, -0.2) is 6.71 Å². The fraction of sp³-hybridized carbons (Fsp3) is 0.0233. The van der Waals surface area contributed by atoms with Gasteiger partial charge in [0.15, 0.2) is 0 Å². The van der Waals surface area contributed by atoms with Gasteiger partial charge >= 0.3 is 0 Å². The SMILES string of the molecule is Cc1ccccc1N1c2ccccc2P2c3ccccc3N3c4ccccc4B4c5ccccc5N(c5ccccc5)c5cc1c2c3c54. The van der Waals surface area contributed by atoms with Gasteiger partial charge in [-0.05, 0) is 85.3 Å². The summed E-state index contributed by atoms with van der Waals surface area (Å²) in [7, 11) is -0.832. The first kappa shape index (κ1) is 26.5. The molecule has 11 rings (SSSR count). The zero-order valence-electron chi connectivity index (χ0n) is 26.4. The molecule has 0 amide bonds. The van der Waals surface area contributed by atoms with Crippen molar-refractivity contribution in [3.63, 3.8) is 0 Å². The first-order valence-corrected chi connectivity index (χ1v) is 18.0. The maximum absolute atomic E-state index is 2.61. The molecule has 0 spiro atoms. The Morgan fingerprint density at radius 2 is 0.958 bits per heavy atom. The average Bonchev–Trinajstić information content (AvgIpc) is 3.15. The Balaban J connectivity index is 1.35. The highest BCUT2D eigenvalue weighted by atomic mass is 31.1. The van der Waals surface area contributed by atoms with Gasteiger partial charge in [0, 0.05) is 44.4 Å². The van der Waals surface area contributed by atoms with Crippen LogP contribution in [0.25, 0.3) is 0 Å². The lowest BCUT2D eigenvalue weighted by atomic mass is 9.33. The van der Waals surface area contributed by atoms with Gasteiger partial charge in [-0.25, -0.2) is 0 Å². The predicted octanol–water partition coefficient (Wildman–Crippen LogP) is 7.93. The van der Waals surface area contributed by atoms with Gasteiger partial charge in [0.25, 0.3) is 6.71 Å². The van der Waals surface area contributed by atoms with Crippen LogP contribution in [0, 0.1) is 6.92 Å². The molecular weight excluding hydrogens is 600 g/mol. The third-order valence-corrected chi connectivity index (χ3v) is 13.2. The highest BCUT2D eigenvalue weighted by molar-refractivity contribution is 7.81. The minimum atomic E-state index is -0.832. The van der Waals surface area contributed by atoms with Crippen molar-refractivity contribution >= 4 is 98.1 Å². The van der Waals surface area contributed by atoms with Crippen LogP contribution in [0.15, 0.2) is 158 Å². The fourth-order valence-electron chi connectivity index (χ4n) is 8.70. The molecule has 1 unspecified atom stereocenters. The maximum atomic E-state index is 2.61. The molecule has 5 heteroatoms. The van der Waals surface area contributed by atoms with Gasteiger partial charge in [-0.2, -0.15) is 0 Å². The number of aryl methyl sites for hydroxylation is 1. The molecule has 0 aromatic heterocycles. The van der Waals surface area contributed by atoms with Crippen LogP contribution in [0.5, 0.6) is 0 Å². The third-order valence-electron chi connectivity index (χ3n) is 10.6. The summed E-state index contributed by atoms with van der Waals surface area (Å²) < 4.78 is 0. The smallest absolute Gasteiger partial charge is 0.252 e. The van der Waals surface area contributed by atoms with Crippen molar-refractivity contribution in [2.45, 2.75) is 6.92 Å². The molecule has 7 aromatic carbocycles. The minimum absolute atomic E-state index is 0.120. The predicted molar refractivity (Wildman–Crippen MR) is 206 cm³/mol. The summed E-state index contributed by atoms with van der Waals surface area (Å²) in [5, 5.41) is 4.29. The molecule has 1 atom stereocenters. The lowest BCUT2D eigenvalue weighted by Crippen LogP contribution is -2.63. The van der Waals surface area contributed by atoms with E-state index in [1.807, 2.05) is 0 Å². The van der Waals surface area contributed by atoms with E-state index in [0.29, 0.717) is 0 Å². The molecule has 0 aliphatic carbocycles. The van der Waals surface area contributed by atoms with Crippen LogP contribution in [-0.2, 0) is 0 Å². The zero-order valence-corrected chi connectivity index (χ0v) is 27.3. The maximum Gasteiger partial charge on any atom is 0.252 e. The molecule has 0 radical (unpaired) electrons. The topological polar surface area (TPSA) is 9.72 Å². The van der Waals surface area contributed by atoms with Gasteiger partial charge in [0.1, 0.15) is 0 Å². The first-order valence-electron chi connectivity index (χ1n) is 16.7. The van der Waals surface area contributed by atoms with Crippen LogP contribution in [0.2, 0.25) is 0 Å². The molecule has 224 valence electrons. The number of para-hydroxylation sites is 6. The van der Waals surface area contributed by atoms with E-state index in [1.165, 1.54) is 89.1 Å².